The van der Waals surface area contributed by atoms with Gasteiger partial charge in [0.05, 0.1) is 4.90 Å². The Morgan fingerprint density at radius 2 is 1.74 bits per heavy atom. The van der Waals surface area contributed by atoms with Crippen molar-refractivity contribution < 1.29 is 8.42 Å². The molecular formula is C19H23NO2S. The van der Waals surface area contributed by atoms with Crippen molar-refractivity contribution >= 4 is 20.8 Å². The molecule has 2 aromatic carbocycles. The highest BCUT2D eigenvalue weighted by Crippen LogP contribution is 2.29. The maximum Gasteiger partial charge on any atom is 0.243 e. The van der Waals surface area contributed by atoms with Crippen LogP contribution in [0.4, 0.5) is 0 Å². The van der Waals surface area contributed by atoms with Gasteiger partial charge in [-0.2, -0.15) is 4.31 Å². The highest BCUT2D eigenvalue weighted by atomic mass is 32.2. The largest absolute Gasteiger partial charge is 0.243 e. The third-order valence-corrected chi connectivity index (χ3v) is 6.53. The molecule has 0 heterocycles. The van der Waals surface area contributed by atoms with E-state index in [-0.39, 0.29) is 6.04 Å². The first-order valence-corrected chi connectivity index (χ1v) is 9.68. The van der Waals surface area contributed by atoms with Crippen molar-refractivity contribution in [2.75, 3.05) is 6.54 Å². The van der Waals surface area contributed by atoms with Gasteiger partial charge in [0.1, 0.15) is 0 Å². The fraction of sp³-hybridized carbons (Fsp3) is 0.368. The number of hydrogen-bond acceptors (Lipinski definition) is 2. The Balaban J connectivity index is 1.99. The molecule has 3 rings (SSSR count). The fourth-order valence-electron chi connectivity index (χ4n) is 3.40. The van der Waals surface area contributed by atoms with E-state index in [2.05, 4.69) is 6.58 Å². The highest BCUT2D eigenvalue weighted by Gasteiger charge is 2.31. The maximum absolute atomic E-state index is 13.1. The zero-order valence-corrected chi connectivity index (χ0v) is 14.1. The van der Waals surface area contributed by atoms with E-state index in [9.17, 15) is 8.42 Å². The molecule has 23 heavy (non-hydrogen) atoms. The third-order valence-electron chi connectivity index (χ3n) is 4.62. The van der Waals surface area contributed by atoms with Gasteiger partial charge in [-0.25, -0.2) is 8.42 Å². The number of rotatable bonds is 5. The minimum absolute atomic E-state index is 0.0956. The van der Waals surface area contributed by atoms with Gasteiger partial charge in [-0.1, -0.05) is 55.7 Å². The van der Waals surface area contributed by atoms with E-state index in [1.54, 1.807) is 22.5 Å². The van der Waals surface area contributed by atoms with Crippen LogP contribution in [0.2, 0.25) is 0 Å². The van der Waals surface area contributed by atoms with Gasteiger partial charge in [0.2, 0.25) is 10.0 Å². The molecule has 0 atom stereocenters. The normalized spacial score (nSPS) is 16.7. The summed E-state index contributed by atoms with van der Waals surface area (Å²) in [5.74, 6) is 0. The Morgan fingerprint density at radius 1 is 1.04 bits per heavy atom. The van der Waals surface area contributed by atoms with Crippen LogP contribution < -0.4 is 0 Å². The quantitative estimate of drug-likeness (QED) is 0.765. The van der Waals surface area contributed by atoms with E-state index in [0.717, 1.165) is 36.5 Å². The average molecular weight is 329 g/mol. The number of benzene rings is 2. The van der Waals surface area contributed by atoms with E-state index in [1.807, 2.05) is 30.3 Å². The van der Waals surface area contributed by atoms with E-state index in [4.69, 9.17) is 0 Å². The zero-order chi connectivity index (χ0) is 16.3. The molecule has 1 saturated carbocycles. The highest BCUT2D eigenvalue weighted by molar-refractivity contribution is 7.89. The van der Waals surface area contributed by atoms with Crippen LogP contribution in [0.25, 0.3) is 10.8 Å². The molecular weight excluding hydrogens is 306 g/mol. The van der Waals surface area contributed by atoms with Crippen molar-refractivity contribution in [2.24, 2.45) is 0 Å². The molecule has 0 aliphatic heterocycles. The lowest BCUT2D eigenvalue weighted by Crippen LogP contribution is -2.41. The molecule has 0 bridgehead atoms. The summed E-state index contributed by atoms with van der Waals surface area (Å²) >= 11 is 0. The summed E-state index contributed by atoms with van der Waals surface area (Å²) in [4.78, 5) is 0.378. The Labute approximate surface area is 138 Å². The lowest BCUT2D eigenvalue weighted by Gasteiger charge is -2.32. The number of hydrogen-bond donors (Lipinski definition) is 0. The Bertz CT molecular complexity index is 792. The van der Waals surface area contributed by atoms with Crippen LogP contribution in [0, 0.1) is 0 Å². The van der Waals surface area contributed by atoms with Gasteiger partial charge >= 0.3 is 0 Å². The molecule has 1 aliphatic carbocycles. The first kappa shape index (κ1) is 16.2. The van der Waals surface area contributed by atoms with E-state index in [0.29, 0.717) is 11.4 Å². The van der Waals surface area contributed by atoms with Crippen molar-refractivity contribution in [2.45, 2.75) is 43.0 Å². The summed E-state index contributed by atoms with van der Waals surface area (Å²) in [5.41, 5.74) is 0. The predicted molar refractivity (Wildman–Crippen MR) is 94.9 cm³/mol. The summed E-state index contributed by atoms with van der Waals surface area (Å²) in [6, 6.07) is 13.3. The van der Waals surface area contributed by atoms with E-state index >= 15 is 0 Å². The molecule has 0 unspecified atom stereocenters. The van der Waals surface area contributed by atoms with Crippen molar-refractivity contribution in [1.82, 2.24) is 4.31 Å². The molecule has 1 fully saturated rings. The summed E-state index contributed by atoms with van der Waals surface area (Å²) in [5, 5.41) is 2.01. The average Bonchev–Trinajstić information content (AvgIpc) is 2.60. The van der Waals surface area contributed by atoms with Gasteiger partial charge in [-0.15, -0.1) is 6.58 Å². The molecule has 4 heteroatoms. The summed E-state index contributed by atoms with van der Waals surface area (Å²) in [7, 11) is -3.49. The molecule has 122 valence electrons. The van der Waals surface area contributed by atoms with Crippen LogP contribution >= 0.6 is 0 Å². The summed E-state index contributed by atoms with van der Waals surface area (Å²) in [6.45, 7) is 4.12. The summed E-state index contributed by atoms with van der Waals surface area (Å²) < 4.78 is 27.9. The fourth-order valence-corrected chi connectivity index (χ4v) is 5.09. The minimum atomic E-state index is -3.49. The molecule has 3 nitrogen and oxygen atoms in total. The molecule has 0 spiro atoms. The summed E-state index contributed by atoms with van der Waals surface area (Å²) in [6.07, 6.45) is 6.99. The van der Waals surface area contributed by atoms with Crippen LogP contribution in [0.1, 0.15) is 32.1 Å². The minimum Gasteiger partial charge on any atom is -0.207 e. The predicted octanol–water partition coefficient (Wildman–Crippen LogP) is 4.35. The van der Waals surface area contributed by atoms with Gasteiger partial charge in [-0.05, 0) is 35.7 Å². The van der Waals surface area contributed by atoms with Crippen LogP contribution in [0.5, 0.6) is 0 Å². The topological polar surface area (TPSA) is 37.4 Å². The van der Waals surface area contributed by atoms with E-state index in [1.165, 1.54) is 6.42 Å². The monoisotopic (exact) mass is 329 g/mol. The molecule has 0 radical (unpaired) electrons. The van der Waals surface area contributed by atoms with Gasteiger partial charge < -0.3 is 0 Å². The molecule has 2 aromatic rings. The molecule has 1 aliphatic rings. The van der Waals surface area contributed by atoms with Gasteiger partial charge in [0.15, 0.2) is 0 Å². The lowest BCUT2D eigenvalue weighted by molar-refractivity contribution is 0.269. The molecule has 0 saturated heterocycles. The standard InChI is InChI=1S/C19H23NO2S/c1-2-14-20(18-10-4-3-5-11-18)23(21,22)19-13-12-16-8-6-7-9-17(16)15-19/h2,6-9,12-13,15,18H,1,3-5,10-11,14H2. The smallest absolute Gasteiger partial charge is 0.207 e. The Morgan fingerprint density at radius 3 is 2.43 bits per heavy atom. The second kappa shape index (κ2) is 6.85. The van der Waals surface area contributed by atoms with Gasteiger partial charge in [-0.3, -0.25) is 0 Å². The zero-order valence-electron chi connectivity index (χ0n) is 13.3. The maximum atomic E-state index is 13.1. The Kier molecular flexibility index (Phi) is 4.83. The van der Waals surface area contributed by atoms with Crippen LogP contribution in [0.3, 0.4) is 0 Å². The second-order valence-corrected chi connectivity index (χ2v) is 8.05. The van der Waals surface area contributed by atoms with Crippen molar-refractivity contribution in [3.05, 3.63) is 55.1 Å². The number of nitrogens with zero attached hydrogens (tertiary/aromatic N) is 1. The third kappa shape index (κ3) is 3.33. The van der Waals surface area contributed by atoms with E-state index < -0.39 is 10.0 Å². The Hall–Kier alpha value is -1.65. The first-order valence-electron chi connectivity index (χ1n) is 8.24. The van der Waals surface area contributed by atoms with Crippen molar-refractivity contribution in [1.29, 1.82) is 0 Å². The number of fused-ring (bicyclic) bond motifs is 1. The number of sulfonamides is 1. The second-order valence-electron chi connectivity index (χ2n) is 6.16. The lowest BCUT2D eigenvalue weighted by atomic mass is 9.95. The molecule has 0 aromatic heterocycles. The van der Waals surface area contributed by atoms with Crippen LogP contribution in [-0.2, 0) is 10.0 Å². The van der Waals surface area contributed by atoms with Crippen molar-refractivity contribution in [3.63, 3.8) is 0 Å². The van der Waals surface area contributed by atoms with Crippen LogP contribution in [-0.4, -0.2) is 25.3 Å². The van der Waals surface area contributed by atoms with Gasteiger partial charge in [0, 0.05) is 12.6 Å². The molecule has 0 N–H and O–H groups in total. The molecule has 0 amide bonds. The first-order chi connectivity index (χ1) is 11.1. The van der Waals surface area contributed by atoms with Crippen LogP contribution in [0.15, 0.2) is 60.0 Å². The SMILES string of the molecule is C=CCN(C1CCCCC1)S(=O)(=O)c1ccc2ccccc2c1. The van der Waals surface area contributed by atoms with Crippen molar-refractivity contribution in [3.8, 4) is 0 Å². The van der Waals surface area contributed by atoms with Gasteiger partial charge in [0.25, 0.3) is 0 Å².